The molecule has 0 amide bonds. The van der Waals surface area contributed by atoms with Gasteiger partial charge in [-0.3, -0.25) is 0 Å². The van der Waals surface area contributed by atoms with Gasteiger partial charge < -0.3 is 5.73 Å². The van der Waals surface area contributed by atoms with Crippen LogP contribution in [0, 0.1) is 6.92 Å². The fourth-order valence-corrected chi connectivity index (χ4v) is 2.70. The zero-order valence-electron chi connectivity index (χ0n) is 8.20. The highest BCUT2D eigenvalue weighted by molar-refractivity contribution is 9.10. The first-order valence-corrected chi connectivity index (χ1v) is 6.15. The third kappa shape index (κ3) is 2.42. The molecule has 0 spiro atoms. The molecule has 2 rings (SSSR count). The Bertz CT molecular complexity index is 481. The average molecular weight is 284 g/mol. The van der Waals surface area contributed by atoms with E-state index >= 15 is 0 Å². The average Bonchev–Trinajstić information content (AvgIpc) is 2.64. The predicted octanol–water partition coefficient (Wildman–Crippen LogP) is 2.73. The third-order valence-electron chi connectivity index (χ3n) is 1.92. The van der Waals surface area contributed by atoms with Crippen molar-refractivity contribution >= 4 is 27.3 Å². The van der Waals surface area contributed by atoms with Crippen LogP contribution in [0.3, 0.4) is 0 Å². The van der Waals surface area contributed by atoms with Crippen molar-refractivity contribution in [2.75, 3.05) is 0 Å². The van der Waals surface area contributed by atoms with E-state index < -0.39 is 0 Å². The van der Waals surface area contributed by atoms with Gasteiger partial charge in [-0.1, -0.05) is 0 Å². The summed E-state index contributed by atoms with van der Waals surface area (Å²) in [7, 11) is 0. The van der Waals surface area contributed by atoms with Crippen LogP contribution in [0.1, 0.15) is 11.5 Å². The van der Waals surface area contributed by atoms with Crippen LogP contribution < -0.4 is 5.73 Å². The number of nitrogens with zero attached hydrogens (tertiary/aromatic N) is 2. The molecule has 0 aliphatic carbocycles. The van der Waals surface area contributed by atoms with Crippen LogP contribution in [0.4, 0.5) is 0 Å². The van der Waals surface area contributed by atoms with Gasteiger partial charge in [-0.25, -0.2) is 9.97 Å². The number of halogens is 1. The Morgan fingerprint density at radius 2 is 2.20 bits per heavy atom. The smallest absolute Gasteiger partial charge is 0.126 e. The van der Waals surface area contributed by atoms with E-state index in [0.717, 1.165) is 26.6 Å². The van der Waals surface area contributed by atoms with E-state index in [4.69, 9.17) is 5.73 Å². The summed E-state index contributed by atoms with van der Waals surface area (Å²) in [5.41, 5.74) is 7.39. The normalized spacial score (nSPS) is 10.6. The molecule has 78 valence electrons. The van der Waals surface area contributed by atoms with E-state index in [1.54, 1.807) is 11.3 Å². The molecule has 2 N–H and O–H groups in total. The molecule has 0 radical (unpaired) electrons. The maximum atomic E-state index is 5.57. The largest absolute Gasteiger partial charge is 0.325 e. The summed E-state index contributed by atoms with van der Waals surface area (Å²) in [6.45, 7) is 2.33. The van der Waals surface area contributed by atoms with E-state index in [9.17, 15) is 0 Å². The van der Waals surface area contributed by atoms with Crippen molar-refractivity contribution in [1.82, 2.24) is 9.97 Å². The lowest BCUT2D eigenvalue weighted by molar-refractivity contribution is 0.930. The lowest BCUT2D eigenvalue weighted by Crippen LogP contribution is -2.02. The summed E-state index contributed by atoms with van der Waals surface area (Å²) in [4.78, 5) is 9.76. The van der Waals surface area contributed by atoms with Gasteiger partial charge in [0.05, 0.1) is 16.3 Å². The van der Waals surface area contributed by atoms with Crippen LogP contribution in [0.2, 0.25) is 0 Å². The van der Waals surface area contributed by atoms with Gasteiger partial charge in [0.15, 0.2) is 0 Å². The third-order valence-corrected chi connectivity index (χ3v) is 3.63. The van der Waals surface area contributed by atoms with Crippen LogP contribution in [-0.2, 0) is 6.54 Å². The van der Waals surface area contributed by atoms with Gasteiger partial charge in [-0.05, 0) is 35.0 Å². The molecule has 2 aromatic heterocycles. The molecule has 5 heteroatoms. The van der Waals surface area contributed by atoms with Crippen molar-refractivity contribution in [2.24, 2.45) is 5.73 Å². The standard InChI is InChI=1S/C10H10BrN3S/c1-6-13-8(4-12)3-9(14-6)10-2-7(11)5-15-10/h2-3,5H,4,12H2,1H3. The summed E-state index contributed by atoms with van der Waals surface area (Å²) in [5, 5.41) is 2.04. The summed E-state index contributed by atoms with van der Waals surface area (Å²) in [5.74, 6) is 0.762. The molecule has 0 unspecified atom stereocenters. The van der Waals surface area contributed by atoms with E-state index in [0.29, 0.717) is 6.54 Å². The molecule has 2 aromatic rings. The SMILES string of the molecule is Cc1nc(CN)cc(-c2cc(Br)cs2)n1. The summed E-state index contributed by atoms with van der Waals surface area (Å²) < 4.78 is 1.08. The van der Waals surface area contributed by atoms with Crippen molar-refractivity contribution in [2.45, 2.75) is 13.5 Å². The Labute approximate surface area is 101 Å². The highest BCUT2D eigenvalue weighted by Crippen LogP contribution is 2.28. The Kier molecular flexibility index (Phi) is 3.14. The van der Waals surface area contributed by atoms with Crippen LogP contribution in [0.25, 0.3) is 10.6 Å². The second-order valence-electron chi connectivity index (χ2n) is 3.13. The van der Waals surface area contributed by atoms with Gasteiger partial charge in [-0.2, -0.15) is 0 Å². The number of hydrogen-bond acceptors (Lipinski definition) is 4. The Morgan fingerprint density at radius 1 is 1.40 bits per heavy atom. The topological polar surface area (TPSA) is 51.8 Å². The molecule has 0 atom stereocenters. The molecule has 0 aliphatic rings. The Hall–Kier alpha value is -0.780. The van der Waals surface area contributed by atoms with Gasteiger partial charge in [0.1, 0.15) is 5.82 Å². The van der Waals surface area contributed by atoms with E-state index in [2.05, 4.69) is 25.9 Å². The maximum absolute atomic E-state index is 5.57. The first kappa shape index (κ1) is 10.7. The molecule has 0 bridgehead atoms. The molecule has 0 saturated carbocycles. The van der Waals surface area contributed by atoms with Gasteiger partial charge in [0.25, 0.3) is 0 Å². The van der Waals surface area contributed by atoms with Crippen LogP contribution in [0.15, 0.2) is 22.0 Å². The minimum atomic E-state index is 0.447. The quantitative estimate of drug-likeness (QED) is 0.922. The number of thiophene rings is 1. The summed E-state index contributed by atoms with van der Waals surface area (Å²) in [6.07, 6.45) is 0. The van der Waals surface area contributed by atoms with Gasteiger partial charge in [0.2, 0.25) is 0 Å². The van der Waals surface area contributed by atoms with Crippen LogP contribution in [0.5, 0.6) is 0 Å². The number of aryl methyl sites for hydroxylation is 1. The van der Waals surface area contributed by atoms with E-state index in [1.165, 1.54) is 0 Å². The first-order chi connectivity index (χ1) is 7.19. The second-order valence-corrected chi connectivity index (χ2v) is 4.95. The highest BCUT2D eigenvalue weighted by atomic mass is 79.9. The molecule has 3 nitrogen and oxygen atoms in total. The molecule has 0 aromatic carbocycles. The number of hydrogen-bond donors (Lipinski definition) is 1. The lowest BCUT2D eigenvalue weighted by Gasteiger charge is -2.02. The maximum Gasteiger partial charge on any atom is 0.126 e. The number of aromatic nitrogens is 2. The number of nitrogens with two attached hydrogens (primary N) is 1. The zero-order valence-corrected chi connectivity index (χ0v) is 10.6. The van der Waals surface area contributed by atoms with Crippen molar-refractivity contribution in [3.8, 4) is 10.6 Å². The fraction of sp³-hybridized carbons (Fsp3) is 0.200. The minimum Gasteiger partial charge on any atom is -0.325 e. The Morgan fingerprint density at radius 3 is 2.80 bits per heavy atom. The Balaban J connectivity index is 2.48. The molecule has 0 fully saturated rings. The van der Waals surface area contributed by atoms with E-state index in [-0.39, 0.29) is 0 Å². The van der Waals surface area contributed by atoms with Crippen molar-refractivity contribution < 1.29 is 0 Å². The molecular weight excluding hydrogens is 274 g/mol. The number of rotatable bonds is 2. The van der Waals surface area contributed by atoms with Gasteiger partial charge in [0, 0.05) is 16.4 Å². The minimum absolute atomic E-state index is 0.447. The zero-order chi connectivity index (χ0) is 10.8. The molecular formula is C10H10BrN3S. The van der Waals surface area contributed by atoms with Crippen molar-refractivity contribution in [3.63, 3.8) is 0 Å². The second kappa shape index (κ2) is 4.38. The lowest BCUT2D eigenvalue weighted by atomic mass is 10.3. The van der Waals surface area contributed by atoms with Crippen LogP contribution in [-0.4, -0.2) is 9.97 Å². The summed E-state index contributed by atoms with van der Waals surface area (Å²) >= 11 is 5.08. The van der Waals surface area contributed by atoms with Crippen LogP contribution >= 0.6 is 27.3 Å². The molecule has 2 heterocycles. The van der Waals surface area contributed by atoms with Crippen molar-refractivity contribution in [1.29, 1.82) is 0 Å². The van der Waals surface area contributed by atoms with Crippen molar-refractivity contribution in [3.05, 3.63) is 33.5 Å². The van der Waals surface area contributed by atoms with Gasteiger partial charge >= 0.3 is 0 Å². The predicted molar refractivity (Wildman–Crippen MR) is 65.7 cm³/mol. The van der Waals surface area contributed by atoms with E-state index in [1.807, 2.05) is 24.4 Å². The monoisotopic (exact) mass is 283 g/mol. The van der Waals surface area contributed by atoms with Gasteiger partial charge in [-0.15, -0.1) is 11.3 Å². The summed E-state index contributed by atoms with van der Waals surface area (Å²) in [6, 6.07) is 3.98. The molecule has 15 heavy (non-hydrogen) atoms. The highest BCUT2D eigenvalue weighted by Gasteiger charge is 2.05. The first-order valence-electron chi connectivity index (χ1n) is 4.48. The molecule has 0 aliphatic heterocycles. The fourth-order valence-electron chi connectivity index (χ4n) is 1.31. The molecule has 0 saturated heterocycles.